The summed E-state index contributed by atoms with van der Waals surface area (Å²) >= 11 is 0. The number of carbonyl (C=O) groups excluding carboxylic acids is 1. The molecule has 0 fully saturated rings. The second-order valence-corrected chi connectivity index (χ2v) is 6.74. The minimum absolute atomic E-state index is 0.102. The third-order valence-electron chi connectivity index (χ3n) is 2.53. The molecule has 0 bridgehead atoms. The number of Topliss-reactive ketones (excluding diaryl/α,β-unsaturated/α-hetero) is 1. The van der Waals surface area contributed by atoms with E-state index in [0.29, 0.717) is 19.1 Å². The van der Waals surface area contributed by atoms with Gasteiger partial charge in [0.15, 0.2) is 5.78 Å². The Morgan fingerprint density at radius 3 is 2.40 bits per heavy atom. The fourth-order valence-electron chi connectivity index (χ4n) is 1.30. The molecule has 0 saturated carbocycles. The Bertz CT molecular complexity index is 441. The molecule has 0 unspecified atom stereocenters. The molecule has 114 valence electrons. The quantitative estimate of drug-likeness (QED) is 0.748. The number of hydrogen-bond donors (Lipinski definition) is 0. The number of rotatable bonds is 6. The highest BCUT2D eigenvalue weighted by molar-refractivity contribution is 5.83. The van der Waals surface area contributed by atoms with E-state index in [4.69, 9.17) is 9.47 Å². The molecule has 0 saturated heterocycles. The molecule has 0 atom stereocenters. The summed E-state index contributed by atoms with van der Waals surface area (Å²) in [5.41, 5.74) is -0.562. The van der Waals surface area contributed by atoms with Crippen LogP contribution in [0.2, 0.25) is 0 Å². The van der Waals surface area contributed by atoms with Gasteiger partial charge >= 0.3 is 0 Å². The molecule has 20 heavy (non-hydrogen) atoms. The predicted octanol–water partition coefficient (Wildman–Crippen LogP) is 2.09. The van der Waals surface area contributed by atoms with Crippen molar-refractivity contribution in [3.05, 3.63) is 6.20 Å². The average Bonchev–Trinajstić information content (AvgIpc) is 2.69. The third kappa shape index (κ3) is 6.14. The lowest BCUT2D eigenvalue weighted by Gasteiger charge is -2.19. The summed E-state index contributed by atoms with van der Waals surface area (Å²) in [6.45, 7) is 12.7. The van der Waals surface area contributed by atoms with Crippen molar-refractivity contribution in [1.82, 2.24) is 15.0 Å². The first-order valence-corrected chi connectivity index (χ1v) is 6.78. The topological polar surface area (TPSA) is 66.2 Å². The van der Waals surface area contributed by atoms with Crippen LogP contribution in [-0.4, -0.2) is 39.6 Å². The molecule has 0 radical (unpaired) electrons. The molecule has 0 aliphatic rings. The Morgan fingerprint density at radius 2 is 1.85 bits per heavy atom. The zero-order chi connectivity index (χ0) is 15.4. The molecule has 6 heteroatoms. The minimum Gasteiger partial charge on any atom is -0.473 e. The Kier molecular flexibility index (Phi) is 5.28. The van der Waals surface area contributed by atoms with E-state index in [1.807, 2.05) is 41.5 Å². The van der Waals surface area contributed by atoms with Crippen LogP contribution in [0.4, 0.5) is 0 Å². The molecule has 0 spiro atoms. The number of carbonyl (C=O) groups is 1. The van der Waals surface area contributed by atoms with Crippen molar-refractivity contribution < 1.29 is 14.3 Å². The lowest BCUT2D eigenvalue weighted by Crippen LogP contribution is -2.25. The third-order valence-corrected chi connectivity index (χ3v) is 2.53. The van der Waals surface area contributed by atoms with E-state index in [0.717, 1.165) is 0 Å². The second-order valence-electron chi connectivity index (χ2n) is 6.74. The van der Waals surface area contributed by atoms with Crippen molar-refractivity contribution >= 4 is 5.78 Å². The SMILES string of the molecule is CC(C)(C)OCCOc1cn(CC(=O)C(C)(C)C)nn1. The maximum absolute atomic E-state index is 11.9. The van der Waals surface area contributed by atoms with E-state index in [-0.39, 0.29) is 23.3 Å². The zero-order valence-corrected chi connectivity index (χ0v) is 13.3. The smallest absolute Gasteiger partial charge is 0.253 e. The number of nitrogens with zero attached hydrogens (tertiary/aromatic N) is 3. The number of ether oxygens (including phenoxy) is 2. The van der Waals surface area contributed by atoms with Crippen molar-refractivity contribution in [1.29, 1.82) is 0 Å². The molecular weight excluding hydrogens is 258 g/mol. The van der Waals surface area contributed by atoms with Crippen LogP contribution in [0.3, 0.4) is 0 Å². The summed E-state index contributed by atoms with van der Waals surface area (Å²) in [7, 11) is 0. The molecule has 1 aromatic heterocycles. The van der Waals surface area contributed by atoms with E-state index in [1.54, 1.807) is 6.20 Å². The van der Waals surface area contributed by atoms with E-state index in [2.05, 4.69) is 10.3 Å². The maximum atomic E-state index is 11.9. The lowest BCUT2D eigenvalue weighted by atomic mass is 9.91. The highest BCUT2D eigenvalue weighted by atomic mass is 16.5. The monoisotopic (exact) mass is 283 g/mol. The summed E-state index contributed by atoms with van der Waals surface area (Å²) in [5.74, 6) is 0.509. The van der Waals surface area contributed by atoms with Crippen LogP contribution in [-0.2, 0) is 16.1 Å². The first-order valence-electron chi connectivity index (χ1n) is 6.78. The van der Waals surface area contributed by atoms with Crippen molar-refractivity contribution in [3.8, 4) is 5.88 Å². The Morgan fingerprint density at radius 1 is 1.20 bits per heavy atom. The Hall–Kier alpha value is -1.43. The van der Waals surface area contributed by atoms with Crippen molar-refractivity contribution in [2.45, 2.75) is 53.7 Å². The van der Waals surface area contributed by atoms with Gasteiger partial charge in [0, 0.05) is 5.41 Å². The molecule has 0 aliphatic carbocycles. The molecule has 0 aliphatic heterocycles. The highest BCUT2D eigenvalue weighted by Crippen LogP contribution is 2.16. The van der Waals surface area contributed by atoms with Gasteiger partial charge in [-0.1, -0.05) is 31.1 Å². The van der Waals surface area contributed by atoms with E-state index in [9.17, 15) is 4.79 Å². The van der Waals surface area contributed by atoms with Gasteiger partial charge in [-0.2, -0.15) is 0 Å². The minimum atomic E-state index is -0.381. The Labute approximate surface area is 120 Å². The number of aromatic nitrogens is 3. The van der Waals surface area contributed by atoms with Crippen molar-refractivity contribution in [3.63, 3.8) is 0 Å². The van der Waals surface area contributed by atoms with Crippen LogP contribution in [0.5, 0.6) is 5.88 Å². The van der Waals surface area contributed by atoms with Gasteiger partial charge in [0.25, 0.3) is 5.88 Å². The van der Waals surface area contributed by atoms with Crippen LogP contribution in [0, 0.1) is 5.41 Å². The van der Waals surface area contributed by atoms with E-state index >= 15 is 0 Å². The molecule has 1 aromatic rings. The molecule has 1 rings (SSSR count). The first kappa shape index (κ1) is 16.6. The zero-order valence-electron chi connectivity index (χ0n) is 13.3. The fourth-order valence-corrected chi connectivity index (χ4v) is 1.30. The van der Waals surface area contributed by atoms with Crippen molar-refractivity contribution in [2.24, 2.45) is 5.41 Å². The summed E-state index contributed by atoms with van der Waals surface area (Å²) in [6.07, 6.45) is 1.63. The van der Waals surface area contributed by atoms with Gasteiger partial charge in [-0.05, 0) is 20.8 Å². The second kappa shape index (κ2) is 6.35. The molecule has 1 heterocycles. The summed E-state index contributed by atoms with van der Waals surface area (Å²) in [4.78, 5) is 11.9. The van der Waals surface area contributed by atoms with Gasteiger partial charge in [0.05, 0.1) is 18.4 Å². The maximum Gasteiger partial charge on any atom is 0.253 e. The summed E-state index contributed by atoms with van der Waals surface area (Å²) in [6, 6.07) is 0. The van der Waals surface area contributed by atoms with Crippen LogP contribution < -0.4 is 4.74 Å². The van der Waals surface area contributed by atoms with Crippen LogP contribution in [0.1, 0.15) is 41.5 Å². The summed E-state index contributed by atoms with van der Waals surface area (Å²) in [5, 5.41) is 7.75. The van der Waals surface area contributed by atoms with Crippen LogP contribution in [0.15, 0.2) is 6.20 Å². The van der Waals surface area contributed by atoms with Gasteiger partial charge in [0.1, 0.15) is 13.2 Å². The highest BCUT2D eigenvalue weighted by Gasteiger charge is 2.21. The summed E-state index contributed by atoms with van der Waals surface area (Å²) < 4.78 is 12.4. The number of ketones is 1. The molecule has 0 aromatic carbocycles. The Balaban J connectivity index is 2.39. The molecule has 6 nitrogen and oxygen atoms in total. The fraction of sp³-hybridized carbons (Fsp3) is 0.786. The van der Waals surface area contributed by atoms with Gasteiger partial charge in [0.2, 0.25) is 0 Å². The van der Waals surface area contributed by atoms with Crippen LogP contribution >= 0.6 is 0 Å². The average molecular weight is 283 g/mol. The van der Waals surface area contributed by atoms with E-state index < -0.39 is 0 Å². The lowest BCUT2D eigenvalue weighted by molar-refractivity contribution is -0.127. The first-order chi connectivity index (χ1) is 9.08. The van der Waals surface area contributed by atoms with E-state index in [1.165, 1.54) is 4.68 Å². The van der Waals surface area contributed by atoms with Gasteiger partial charge in [-0.3, -0.25) is 4.79 Å². The standard InChI is InChI=1S/C14H25N3O3/c1-13(2,3)11(18)9-17-10-12(15-16-17)19-7-8-20-14(4,5)6/h10H,7-9H2,1-6H3. The normalized spacial score (nSPS) is 12.5. The van der Waals surface area contributed by atoms with Gasteiger partial charge in [-0.15, -0.1) is 0 Å². The van der Waals surface area contributed by atoms with Crippen LogP contribution in [0.25, 0.3) is 0 Å². The molecular formula is C14H25N3O3. The van der Waals surface area contributed by atoms with Gasteiger partial charge in [-0.25, -0.2) is 4.68 Å². The predicted molar refractivity (Wildman–Crippen MR) is 75.7 cm³/mol. The largest absolute Gasteiger partial charge is 0.473 e. The molecule has 0 amide bonds. The van der Waals surface area contributed by atoms with Crippen molar-refractivity contribution in [2.75, 3.05) is 13.2 Å². The number of hydrogen-bond acceptors (Lipinski definition) is 5. The van der Waals surface area contributed by atoms with Gasteiger partial charge < -0.3 is 9.47 Å². The molecule has 0 N–H and O–H groups in total.